The molecule has 0 spiro atoms. The lowest BCUT2D eigenvalue weighted by molar-refractivity contribution is -0.147. The molecule has 1 unspecified atom stereocenters. The van der Waals surface area contributed by atoms with Gasteiger partial charge in [0.05, 0.1) is 62.3 Å². The van der Waals surface area contributed by atoms with E-state index >= 15 is 0 Å². The summed E-state index contributed by atoms with van der Waals surface area (Å²) in [5.74, 6) is -1.82. The molecule has 5 rings (SSSR count). The third-order valence-corrected chi connectivity index (χ3v) is 17.0. The lowest BCUT2D eigenvalue weighted by Gasteiger charge is -2.43. The maximum Gasteiger partial charge on any atom is 0.302 e. The van der Waals surface area contributed by atoms with Gasteiger partial charge in [-0.25, -0.2) is 4.98 Å². The lowest BCUT2D eigenvalue weighted by Crippen LogP contribution is -2.66. The Kier molecular flexibility index (Phi) is 17.8. The number of amides is 3. The molecule has 1 saturated heterocycles. The van der Waals surface area contributed by atoms with Gasteiger partial charge in [-0.3, -0.25) is 19.2 Å². The van der Waals surface area contributed by atoms with Gasteiger partial charge >= 0.3 is 5.97 Å². The molecule has 1 aliphatic heterocycles. The van der Waals surface area contributed by atoms with Gasteiger partial charge < -0.3 is 38.9 Å². The van der Waals surface area contributed by atoms with E-state index in [1.807, 2.05) is 69.6 Å². The van der Waals surface area contributed by atoms with Crippen molar-refractivity contribution in [2.45, 2.75) is 91.6 Å². The number of rotatable bonds is 21. The number of ether oxygens (including phenoxy) is 4. The molecule has 2 N–H and O–H groups in total. The summed E-state index contributed by atoms with van der Waals surface area (Å²) in [4.78, 5) is 59.7. The number of likely N-dealkylation sites (tertiary alicyclic amines) is 1. The highest BCUT2D eigenvalue weighted by Gasteiger charge is 2.50. The van der Waals surface area contributed by atoms with Crippen LogP contribution in [0.5, 0.6) is 0 Å². The van der Waals surface area contributed by atoms with Crippen molar-refractivity contribution in [3.8, 4) is 10.4 Å². The predicted octanol–water partition coefficient (Wildman–Crippen LogP) is 5.42. The van der Waals surface area contributed by atoms with Gasteiger partial charge in [-0.15, -0.1) is 11.3 Å². The van der Waals surface area contributed by atoms with Crippen LogP contribution in [0.4, 0.5) is 0 Å². The lowest BCUT2D eigenvalue weighted by atomic mass is 9.85. The Bertz CT molecular complexity index is 2050. The number of nitrogens with zero attached hydrogens (tertiary/aromatic N) is 2. The highest BCUT2D eigenvalue weighted by Crippen LogP contribution is 2.37. The molecule has 2 heterocycles. The molecule has 0 saturated carbocycles. The summed E-state index contributed by atoms with van der Waals surface area (Å²) in [6, 6.07) is 26.9. The molecule has 3 amide bonds. The zero-order valence-electron chi connectivity index (χ0n) is 37.9. The average Bonchev–Trinajstić information content (AvgIpc) is 3.88. The molecule has 0 radical (unpaired) electrons. The fourth-order valence-electron chi connectivity index (χ4n) is 7.91. The van der Waals surface area contributed by atoms with Crippen LogP contribution in [0.25, 0.3) is 10.4 Å². The van der Waals surface area contributed by atoms with Crippen LogP contribution < -0.4 is 21.0 Å². The molecule has 0 bridgehead atoms. The SMILES string of the molecule is CC(=O)O[C@@H]1C[C@@H](C(=O)NCc2ccc(-c3scnc3C)cc2)N(C(=O)C(NC(=O)COCCOCCOCCO[Si](c2ccccc2)(c2ccccc2)C(C)(C)C)C(C)(C)C)C1. The van der Waals surface area contributed by atoms with E-state index in [2.05, 4.69) is 84.9 Å². The average molecular weight is 901 g/mol. The van der Waals surface area contributed by atoms with E-state index in [-0.39, 0.29) is 50.3 Å². The number of esters is 1. The number of nitrogens with one attached hydrogen (secondary N) is 2. The molecular weight excluding hydrogens is 837 g/mol. The van der Waals surface area contributed by atoms with Gasteiger partial charge in [0.2, 0.25) is 17.7 Å². The molecule has 340 valence electrons. The van der Waals surface area contributed by atoms with Crippen molar-refractivity contribution in [3.63, 3.8) is 0 Å². The Labute approximate surface area is 377 Å². The minimum Gasteiger partial charge on any atom is -0.461 e. The zero-order chi connectivity index (χ0) is 45.6. The van der Waals surface area contributed by atoms with Crippen LogP contribution in [-0.2, 0) is 49.1 Å². The molecule has 13 nitrogen and oxygen atoms in total. The minimum atomic E-state index is -2.64. The van der Waals surface area contributed by atoms with Gasteiger partial charge in [-0.05, 0) is 38.9 Å². The van der Waals surface area contributed by atoms with Gasteiger partial charge in [0.1, 0.15) is 24.8 Å². The van der Waals surface area contributed by atoms with E-state index in [4.69, 9.17) is 23.4 Å². The normalized spacial score (nSPS) is 16.1. The molecule has 0 aliphatic carbocycles. The third kappa shape index (κ3) is 13.4. The molecular formula is C48H64N4O9SSi. The quantitative estimate of drug-likeness (QED) is 0.0630. The molecule has 3 aromatic carbocycles. The van der Waals surface area contributed by atoms with Crippen molar-refractivity contribution in [1.82, 2.24) is 20.5 Å². The second-order valence-corrected chi connectivity index (χ2v) is 23.0. The topological polar surface area (TPSA) is 155 Å². The van der Waals surface area contributed by atoms with E-state index in [0.29, 0.717) is 26.4 Å². The third-order valence-electron chi connectivity index (χ3n) is 11.0. The summed E-state index contributed by atoms with van der Waals surface area (Å²) in [7, 11) is -2.64. The highest BCUT2D eigenvalue weighted by atomic mass is 32.1. The Morgan fingerprint density at radius 1 is 0.810 bits per heavy atom. The minimum absolute atomic E-state index is 0.0211. The Morgan fingerprint density at radius 3 is 1.90 bits per heavy atom. The first-order valence-corrected chi connectivity index (χ1v) is 24.3. The molecule has 4 aromatic rings. The Balaban J connectivity index is 1.05. The number of aromatic nitrogens is 1. The van der Waals surface area contributed by atoms with Gasteiger partial charge in [0.25, 0.3) is 8.32 Å². The first kappa shape index (κ1) is 49.2. The fourth-order valence-corrected chi connectivity index (χ4v) is 13.3. The summed E-state index contributed by atoms with van der Waals surface area (Å²) in [5.41, 5.74) is 3.97. The smallest absolute Gasteiger partial charge is 0.302 e. The zero-order valence-corrected chi connectivity index (χ0v) is 39.8. The summed E-state index contributed by atoms with van der Waals surface area (Å²) in [5, 5.41) is 8.09. The van der Waals surface area contributed by atoms with Crippen molar-refractivity contribution < 1.29 is 42.6 Å². The van der Waals surface area contributed by atoms with Crippen molar-refractivity contribution in [2.24, 2.45) is 5.41 Å². The number of benzene rings is 3. The van der Waals surface area contributed by atoms with Crippen molar-refractivity contribution in [2.75, 3.05) is 52.8 Å². The number of carbonyl (C=O) groups excluding carboxylic acids is 4. The van der Waals surface area contributed by atoms with Crippen LogP contribution in [0, 0.1) is 12.3 Å². The molecule has 63 heavy (non-hydrogen) atoms. The van der Waals surface area contributed by atoms with Crippen LogP contribution in [0.15, 0.2) is 90.4 Å². The first-order chi connectivity index (χ1) is 30.0. The van der Waals surface area contributed by atoms with Gasteiger partial charge in [-0.2, -0.15) is 0 Å². The highest BCUT2D eigenvalue weighted by molar-refractivity contribution is 7.13. The van der Waals surface area contributed by atoms with E-state index in [9.17, 15) is 19.2 Å². The monoisotopic (exact) mass is 900 g/mol. The van der Waals surface area contributed by atoms with Crippen LogP contribution in [0.2, 0.25) is 5.04 Å². The van der Waals surface area contributed by atoms with Crippen LogP contribution in [0.1, 0.15) is 66.1 Å². The molecule has 1 fully saturated rings. The summed E-state index contributed by atoms with van der Waals surface area (Å²) < 4.78 is 29.5. The Morgan fingerprint density at radius 2 is 1.38 bits per heavy atom. The second-order valence-electron chi connectivity index (χ2n) is 17.8. The summed E-state index contributed by atoms with van der Waals surface area (Å²) >= 11 is 1.57. The predicted molar refractivity (Wildman–Crippen MR) is 247 cm³/mol. The number of carbonyl (C=O) groups is 4. The first-order valence-electron chi connectivity index (χ1n) is 21.5. The molecule has 1 aromatic heterocycles. The Hall–Kier alpha value is -4.77. The van der Waals surface area contributed by atoms with Crippen molar-refractivity contribution in [1.29, 1.82) is 0 Å². The summed E-state index contributed by atoms with van der Waals surface area (Å²) in [6.45, 7) is 17.4. The van der Waals surface area contributed by atoms with Crippen LogP contribution in [-0.4, -0.2) is 113 Å². The van der Waals surface area contributed by atoms with E-state index < -0.39 is 49.7 Å². The fraction of sp³-hybridized carbons (Fsp3) is 0.479. The molecule has 3 atom stereocenters. The van der Waals surface area contributed by atoms with Gasteiger partial charge in [0.15, 0.2) is 0 Å². The van der Waals surface area contributed by atoms with E-state index in [1.54, 1.807) is 11.3 Å². The summed E-state index contributed by atoms with van der Waals surface area (Å²) in [6.07, 6.45) is -0.536. The van der Waals surface area contributed by atoms with Crippen molar-refractivity contribution in [3.05, 3.63) is 102 Å². The van der Waals surface area contributed by atoms with E-state index in [1.165, 1.54) is 22.2 Å². The maximum absolute atomic E-state index is 14.2. The second kappa shape index (κ2) is 22.7. The maximum atomic E-state index is 14.2. The van der Waals surface area contributed by atoms with Crippen molar-refractivity contribution >= 4 is 53.7 Å². The van der Waals surface area contributed by atoms with Gasteiger partial charge in [0, 0.05) is 19.9 Å². The van der Waals surface area contributed by atoms with Crippen LogP contribution in [0.3, 0.4) is 0 Å². The molecule has 1 aliphatic rings. The van der Waals surface area contributed by atoms with Gasteiger partial charge in [-0.1, -0.05) is 126 Å². The number of aryl methyl sites for hydroxylation is 1. The number of hydrogen-bond acceptors (Lipinski definition) is 11. The number of hydrogen-bond donors (Lipinski definition) is 2. The standard InChI is InChI=1S/C48H64N4O9SSi/c1-34-43(62-33-50-34)37-21-19-36(20-22-37)30-49-45(55)41-29-38(61-35(2)53)31-52(41)46(56)44(47(3,4)5)51-42(54)32-59-26-25-57-23-24-58-27-28-60-63(48(6,7)8,39-15-11-9-12-16-39)40-17-13-10-14-18-40/h9-22,33,38,41,44H,23-32H2,1-8H3,(H,49,55)(H,51,54)/t38-,41+,44?/m1/s1. The van der Waals surface area contributed by atoms with Crippen LogP contribution >= 0.6 is 11.3 Å². The molecule has 15 heteroatoms. The number of thiazole rings is 1. The van der Waals surface area contributed by atoms with E-state index in [0.717, 1.165) is 21.7 Å². The largest absolute Gasteiger partial charge is 0.461 e.